The van der Waals surface area contributed by atoms with Gasteiger partial charge in [-0.05, 0) is 57.9 Å². The first-order valence-corrected chi connectivity index (χ1v) is 11.2. The van der Waals surface area contributed by atoms with Gasteiger partial charge in [-0.15, -0.1) is 0 Å². The summed E-state index contributed by atoms with van der Waals surface area (Å²) in [6.45, 7) is 7.38. The number of aromatic nitrogens is 2. The Labute approximate surface area is 198 Å². The van der Waals surface area contributed by atoms with E-state index >= 15 is 0 Å². The molecule has 0 bridgehead atoms. The zero-order chi connectivity index (χ0) is 24.7. The normalized spacial score (nSPS) is 12.5. The van der Waals surface area contributed by atoms with Gasteiger partial charge in [-0.2, -0.15) is 5.10 Å². The van der Waals surface area contributed by atoms with Gasteiger partial charge in [-0.25, -0.2) is 9.89 Å². The summed E-state index contributed by atoms with van der Waals surface area (Å²) in [6.07, 6.45) is 3.89. The van der Waals surface area contributed by atoms with Crippen LogP contribution in [0.2, 0.25) is 0 Å². The van der Waals surface area contributed by atoms with Crippen LogP contribution in [0.4, 0.5) is 10.5 Å². The molecule has 178 valence electrons. The number of carbonyl (C=O) groups excluding carboxylic acids is 2. The molecule has 8 nitrogen and oxygen atoms in total. The molecule has 0 saturated heterocycles. The molecule has 8 heteroatoms. The molecule has 3 aromatic rings. The Morgan fingerprint density at radius 2 is 1.85 bits per heavy atom. The van der Waals surface area contributed by atoms with Crippen LogP contribution in [0.3, 0.4) is 0 Å². The van der Waals surface area contributed by atoms with Gasteiger partial charge in [0.05, 0.1) is 11.1 Å². The van der Waals surface area contributed by atoms with Crippen molar-refractivity contribution in [2.24, 2.45) is 0 Å². The van der Waals surface area contributed by atoms with Crippen molar-refractivity contribution >= 4 is 28.5 Å². The fraction of sp³-hybridized carbons (Fsp3) is 0.308. The quantitative estimate of drug-likeness (QED) is 0.438. The van der Waals surface area contributed by atoms with Crippen LogP contribution in [0.15, 0.2) is 65.5 Å². The molecule has 0 radical (unpaired) electrons. The van der Waals surface area contributed by atoms with E-state index in [2.05, 4.69) is 20.8 Å². The number of fused-ring (bicyclic) bond motifs is 1. The summed E-state index contributed by atoms with van der Waals surface area (Å²) in [5, 5.41) is 13.7. The van der Waals surface area contributed by atoms with Crippen molar-refractivity contribution in [2.45, 2.75) is 52.2 Å². The van der Waals surface area contributed by atoms with Crippen LogP contribution in [0.5, 0.6) is 0 Å². The minimum atomic E-state index is -0.566. The lowest BCUT2D eigenvalue weighted by atomic mass is 10.0. The Morgan fingerprint density at radius 3 is 2.56 bits per heavy atom. The van der Waals surface area contributed by atoms with E-state index in [1.165, 1.54) is 6.08 Å². The number of nitrogens with one attached hydrogen (secondary N) is 3. The molecule has 3 rings (SSSR count). The van der Waals surface area contributed by atoms with Crippen LogP contribution < -0.4 is 16.2 Å². The summed E-state index contributed by atoms with van der Waals surface area (Å²) in [7, 11) is 0. The predicted octanol–water partition coefficient (Wildman–Crippen LogP) is 4.78. The van der Waals surface area contributed by atoms with Gasteiger partial charge in [0.2, 0.25) is 5.91 Å². The van der Waals surface area contributed by atoms with E-state index in [4.69, 9.17) is 4.74 Å². The van der Waals surface area contributed by atoms with Crippen molar-refractivity contribution in [3.63, 3.8) is 0 Å². The highest BCUT2D eigenvalue weighted by Gasteiger charge is 2.18. The summed E-state index contributed by atoms with van der Waals surface area (Å²) < 4.78 is 5.28. The summed E-state index contributed by atoms with van der Waals surface area (Å²) in [6, 6.07) is 14.4. The van der Waals surface area contributed by atoms with Crippen LogP contribution in [0.1, 0.15) is 40.5 Å². The second-order valence-corrected chi connectivity index (χ2v) is 8.91. The number of benzene rings is 2. The SMILES string of the molecule is CCC(C/C=C/C(=O)Nc1cccc(-c2n[nH]c(=O)c3ccccc23)c1)NC(=O)OC(C)(C)C. The number of alkyl carbamates (subject to hydrolysis) is 1. The highest BCUT2D eigenvalue weighted by molar-refractivity contribution is 6.00. The third-order valence-corrected chi connectivity index (χ3v) is 5.00. The highest BCUT2D eigenvalue weighted by atomic mass is 16.6. The molecular formula is C26H30N4O4. The number of ether oxygens (including phenoxy) is 1. The fourth-order valence-electron chi connectivity index (χ4n) is 3.40. The molecule has 0 aliphatic carbocycles. The number of hydrogen-bond donors (Lipinski definition) is 3. The van der Waals surface area contributed by atoms with Crippen molar-refractivity contribution < 1.29 is 14.3 Å². The van der Waals surface area contributed by atoms with Gasteiger partial charge in [0.25, 0.3) is 5.56 Å². The van der Waals surface area contributed by atoms with E-state index in [9.17, 15) is 14.4 Å². The molecule has 34 heavy (non-hydrogen) atoms. The minimum Gasteiger partial charge on any atom is -0.444 e. The Morgan fingerprint density at radius 1 is 1.12 bits per heavy atom. The average Bonchev–Trinajstić information content (AvgIpc) is 2.78. The smallest absolute Gasteiger partial charge is 0.407 e. The molecule has 0 aliphatic rings. The van der Waals surface area contributed by atoms with Gasteiger partial charge < -0.3 is 15.4 Å². The topological polar surface area (TPSA) is 113 Å². The summed E-state index contributed by atoms with van der Waals surface area (Å²) in [5.41, 5.74) is 1.18. The number of amides is 2. The van der Waals surface area contributed by atoms with Crippen LogP contribution in [0.25, 0.3) is 22.0 Å². The maximum Gasteiger partial charge on any atom is 0.407 e. The number of rotatable bonds is 7. The van der Waals surface area contributed by atoms with Gasteiger partial charge in [0.1, 0.15) is 5.60 Å². The van der Waals surface area contributed by atoms with E-state index in [0.717, 1.165) is 10.9 Å². The Kier molecular flexibility index (Phi) is 7.83. The van der Waals surface area contributed by atoms with E-state index < -0.39 is 11.7 Å². The van der Waals surface area contributed by atoms with Crippen molar-refractivity contribution in [2.75, 3.05) is 5.32 Å². The molecule has 0 aliphatic heterocycles. The molecule has 0 saturated carbocycles. The number of anilines is 1. The first-order valence-electron chi connectivity index (χ1n) is 11.2. The minimum absolute atomic E-state index is 0.137. The summed E-state index contributed by atoms with van der Waals surface area (Å²) in [5.74, 6) is -0.288. The molecule has 1 heterocycles. The third-order valence-electron chi connectivity index (χ3n) is 5.00. The number of carbonyl (C=O) groups is 2. The molecule has 0 fully saturated rings. The number of aromatic amines is 1. The lowest BCUT2D eigenvalue weighted by Crippen LogP contribution is -2.38. The molecule has 2 aromatic carbocycles. The first kappa shape index (κ1) is 24.7. The third kappa shape index (κ3) is 6.78. The maximum atomic E-state index is 12.4. The first-order chi connectivity index (χ1) is 16.2. The lowest BCUT2D eigenvalue weighted by Gasteiger charge is -2.22. The Bertz CT molecular complexity index is 1260. The number of nitrogens with zero attached hydrogens (tertiary/aromatic N) is 1. The van der Waals surface area contributed by atoms with Crippen LogP contribution in [-0.4, -0.2) is 33.8 Å². The van der Waals surface area contributed by atoms with Gasteiger partial charge >= 0.3 is 6.09 Å². The van der Waals surface area contributed by atoms with E-state index in [1.54, 1.807) is 30.3 Å². The van der Waals surface area contributed by atoms with Crippen LogP contribution >= 0.6 is 0 Å². The highest BCUT2D eigenvalue weighted by Crippen LogP contribution is 2.26. The Balaban J connectivity index is 1.65. The average molecular weight is 463 g/mol. The Hall–Kier alpha value is -3.94. The largest absolute Gasteiger partial charge is 0.444 e. The number of H-pyrrole nitrogens is 1. The molecule has 1 unspecified atom stereocenters. The van der Waals surface area contributed by atoms with Crippen molar-refractivity contribution in [1.82, 2.24) is 15.5 Å². The van der Waals surface area contributed by atoms with E-state index in [0.29, 0.717) is 29.6 Å². The molecule has 3 N–H and O–H groups in total. The van der Waals surface area contributed by atoms with Gasteiger partial charge in [0, 0.05) is 22.7 Å². The lowest BCUT2D eigenvalue weighted by molar-refractivity contribution is -0.111. The standard InChI is InChI=1S/C26H30N4O4/c1-5-18(28-25(33)34-26(2,3)4)11-9-15-22(31)27-19-12-8-10-17(16-19)23-20-13-6-7-14-21(20)24(32)30-29-23/h6-10,12-16,18H,5,11H2,1-4H3,(H,27,31)(H,28,33)(H,30,32)/b15-9+. The molecule has 2 amide bonds. The summed E-state index contributed by atoms with van der Waals surface area (Å²) >= 11 is 0. The second-order valence-electron chi connectivity index (χ2n) is 8.91. The monoisotopic (exact) mass is 462 g/mol. The summed E-state index contributed by atoms with van der Waals surface area (Å²) in [4.78, 5) is 36.4. The van der Waals surface area contributed by atoms with Gasteiger partial charge in [-0.3, -0.25) is 9.59 Å². The second kappa shape index (κ2) is 10.8. The van der Waals surface area contributed by atoms with Crippen molar-refractivity contribution in [3.8, 4) is 11.3 Å². The van der Waals surface area contributed by atoms with Gasteiger partial charge in [-0.1, -0.05) is 43.3 Å². The maximum absolute atomic E-state index is 12.4. The zero-order valence-electron chi connectivity index (χ0n) is 19.8. The zero-order valence-corrected chi connectivity index (χ0v) is 19.8. The fourth-order valence-corrected chi connectivity index (χ4v) is 3.40. The molecule has 1 atom stereocenters. The van der Waals surface area contributed by atoms with E-state index in [1.807, 2.05) is 52.0 Å². The number of hydrogen-bond acceptors (Lipinski definition) is 5. The van der Waals surface area contributed by atoms with Crippen LogP contribution in [0, 0.1) is 0 Å². The molecule has 1 aromatic heterocycles. The molecular weight excluding hydrogens is 432 g/mol. The van der Waals surface area contributed by atoms with Crippen molar-refractivity contribution in [1.29, 1.82) is 0 Å². The van der Waals surface area contributed by atoms with Crippen molar-refractivity contribution in [3.05, 3.63) is 71.0 Å². The van der Waals surface area contributed by atoms with Gasteiger partial charge in [0.15, 0.2) is 0 Å². The van der Waals surface area contributed by atoms with E-state index in [-0.39, 0.29) is 17.5 Å². The molecule has 0 spiro atoms. The predicted molar refractivity (Wildman–Crippen MR) is 134 cm³/mol. The van der Waals surface area contributed by atoms with Crippen LogP contribution in [-0.2, 0) is 9.53 Å².